The predicted octanol–water partition coefficient (Wildman–Crippen LogP) is -0.0893. The third-order valence-electron chi connectivity index (χ3n) is 7.72. The maximum atomic E-state index is 13.6. The number of methoxy groups -OCH3 is 1. The van der Waals surface area contributed by atoms with Crippen molar-refractivity contribution in [2.45, 2.75) is 63.3 Å². The fourth-order valence-corrected chi connectivity index (χ4v) is 6.36. The number of carbonyl (C=O) groups excluding carboxylic acids is 4. The van der Waals surface area contributed by atoms with Gasteiger partial charge in [0.15, 0.2) is 15.6 Å². The molecule has 12 nitrogen and oxygen atoms in total. The van der Waals surface area contributed by atoms with Crippen LogP contribution in [0.25, 0.3) is 0 Å². The molecule has 3 N–H and O–H groups in total. The Morgan fingerprint density at radius 3 is 2.26 bits per heavy atom. The van der Waals surface area contributed by atoms with Crippen LogP contribution in [0.4, 0.5) is 0 Å². The molecule has 0 spiro atoms. The Morgan fingerprint density at radius 2 is 1.67 bits per heavy atom. The van der Waals surface area contributed by atoms with Crippen LogP contribution in [0, 0.1) is 0 Å². The van der Waals surface area contributed by atoms with Crippen LogP contribution in [-0.2, 0) is 40.2 Å². The van der Waals surface area contributed by atoms with Crippen molar-refractivity contribution >= 4 is 33.3 Å². The number of carbonyl (C=O) groups is 4. The molecule has 1 aliphatic carbocycles. The molecule has 0 aromatic heterocycles. The Hall–Kier alpha value is -3.29. The summed E-state index contributed by atoms with van der Waals surface area (Å²) in [6, 6.07) is 4.34. The summed E-state index contributed by atoms with van der Waals surface area (Å²) in [4.78, 5) is 54.0. The Morgan fingerprint density at radius 1 is 1.00 bits per heavy atom. The molecule has 2 heterocycles. The molecule has 0 bridgehead atoms. The number of hydrogen-bond donors (Lipinski definition) is 3. The number of sulfone groups is 1. The minimum Gasteiger partial charge on any atom is -0.497 e. The molecule has 0 saturated carbocycles. The smallest absolute Gasteiger partial charge is 0.243 e. The Kier molecular flexibility index (Phi) is 10.7. The molecule has 2 saturated heterocycles. The summed E-state index contributed by atoms with van der Waals surface area (Å²) in [7, 11) is -1.53. The average molecular weight is 605 g/mol. The van der Waals surface area contributed by atoms with Gasteiger partial charge in [-0.05, 0) is 50.3 Å². The van der Waals surface area contributed by atoms with E-state index in [1.807, 2.05) is 0 Å². The molecular weight excluding hydrogens is 564 g/mol. The Labute approximate surface area is 246 Å². The van der Waals surface area contributed by atoms with Crippen molar-refractivity contribution in [3.63, 3.8) is 0 Å². The number of amides is 3. The van der Waals surface area contributed by atoms with Gasteiger partial charge >= 0.3 is 0 Å². The lowest BCUT2D eigenvalue weighted by Gasteiger charge is -2.27. The number of hydrogen-bond acceptors (Lipinski definition) is 9. The van der Waals surface area contributed by atoms with E-state index in [2.05, 4.69) is 22.0 Å². The number of epoxide rings is 1. The molecule has 0 radical (unpaired) electrons. The summed E-state index contributed by atoms with van der Waals surface area (Å²) in [6.45, 7) is 2.32. The summed E-state index contributed by atoms with van der Waals surface area (Å²) in [5, 5.41) is 8.24. The molecule has 3 amide bonds. The number of allylic oxidation sites excluding steroid dienone is 1. The second kappa shape index (κ2) is 14.3. The lowest BCUT2D eigenvalue weighted by Crippen LogP contribution is -2.57. The highest BCUT2D eigenvalue weighted by Crippen LogP contribution is 2.24. The van der Waals surface area contributed by atoms with Crippen molar-refractivity contribution in [1.29, 1.82) is 0 Å². The number of nitrogens with one attached hydrogen (secondary N) is 3. The first-order chi connectivity index (χ1) is 20.0. The second-order valence-corrected chi connectivity index (χ2v) is 13.4. The van der Waals surface area contributed by atoms with Crippen molar-refractivity contribution < 1.29 is 37.1 Å². The average Bonchev–Trinajstić information content (AvgIpc) is 3.69. The molecule has 13 heteroatoms. The Balaban J connectivity index is 1.41. The lowest BCUT2D eigenvalue weighted by atomic mass is 9.98. The fourth-order valence-electron chi connectivity index (χ4n) is 5.08. The van der Waals surface area contributed by atoms with E-state index in [1.165, 1.54) is 6.92 Å². The maximum absolute atomic E-state index is 13.6. The van der Waals surface area contributed by atoms with Crippen LogP contribution in [0.5, 0.6) is 5.75 Å². The van der Waals surface area contributed by atoms with Crippen molar-refractivity contribution in [2.24, 2.45) is 0 Å². The number of benzene rings is 1. The molecule has 230 valence electrons. The van der Waals surface area contributed by atoms with Crippen molar-refractivity contribution in [2.75, 3.05) is 44.9 Å². The predicted molar refractivity (Wildman–Crippen MR) is 155 cm³/mol. The van der Waals surface area contributed by atoms with E-state index in [4.69, 9.17) is 9.47 Å². The zero-order chi connectivity index (χ0) is 30.3. The highest BCUT2D eigenvalue weighted by molar-refractivity contribution is 7.91. The van der Waals surface area contributed by atoms with E-state index >= 15 is 0 Å². The standard InChI is InChI=1S/C29H40N4O8S/c1-19(30-26(34)17-33-11-13-42(38,39)14-12-33)28(36)32-24(16-21-7-9-22(40-2)10-8-21)29(37)31-23(27(35)25-18-41-25)15-20-5-3-4-6-20/h5,7-10,19,23-25H,3-4,6,11-18H2,1-2H3,(H,30,34)(H,31,37)(H,32,36)/t19-,23-,24-,25+/m0/s1. The molecule has 1 aromatic carbocycles. The molecule has 4 rings (SSSR count). The minimum absolute atomic E-state index is 0.00781. The SMILES string of the molecule is COc1ccc(C[C@H](NC(=O)[C@H](C)NC(=O)CN2CCS(=O)(=O)CC2)C(=O)N[C@@H](CC2=CCCC2)C(=O)[C@H]2CO2)cc1. The number of nitrogens with zero attached hydrogens (tertiary/aromatic N) is 1. The fraction of sp³-hybridized carbons (Fsp3) is 0.586. The summed E-state index contributed by atoms with van der Waals surface area (Å²) in [6.07, 6.45) is 4.96. The van der Waals surface area contributed by atoms with Crippen LogP contribution >= 0.6 is 0 Å². The zero-order valence-electron chi connectivity index (χ0n) is 24.1. The summed E-state index contributed by atoms with van der Waals surface area (Å²) < 4.78 is 33.7. The van der Waals surface area contributed by atoms with Gasteiger partial charge in [0.25, 0.3) is 0 Å². The molecule has 1 aromatic rings. The first kappa shape index (κ1) is 31.6. The number of rotatable bonds is 14. The van der Waals surface area contributed by atoms with E-state index in [0.29, 0.717) is 18.8 Å². The van der Waals surface area contributed by atoms with Gasteiger partial charge in [0.05, 0.1) is 37.8 Å². The van der Waals surface area contributed by atoms with Crippen LogP contribution < -0.4 is 20.7 Å². The monoisotopic (exact) mass is 604 g/mol. The van der Waals surface area contributed by atoms with Crippen molar-refractivity contribution in [1.82, 2.24) is 20.9 Å². The molecule has 42 heavy (non-hydrogen) atoms. The summed E-state index contributed by atoms with van der Waals surface area (Å²) in [5.41, 5.74) is 1.88. The van der Waals surface area contributed by atoms with E-state index in [9.17, 15) is 27.6 Å². The molecule has 2 fully saturated rings. The zero-order valence-corrected chi connectivity index (χ0v) is 24.9. The van der Waals surface area contributed by atoms with Gasteiger partial charge in [-0.1, -0.05) is 23.8 Å². The first-order valence-corrected chi connectivity index (χ1v) is 16.1. The van der Waals surface area contributed by atoms with E-state index in [-0.39, 0.29) is 43.3 Å². The quantitative estimate of drug-likeness (QED) is 0.195. The lowest BCUT2D eigenvalue weighted by molar-refractivity contribution is -0.133. The highest BCUT2D eigenvalue weighted by Gasteiger charge is 2.38. The summed E-state index contributed by atoms with van der Waals surface area (Å²) in [5.74, 6) is -1.05. The van der Waals surface area contributed by atoms with Crippen molar-refractivity contribution in [3.8, 4) is 5.75 Å². The van der Waals surface area contributed by atoms with Gasteiger partial charge in [0.2, 0.25) is 17.7 Å². The van der Waals surface area contributed by atoms with Crippen molar-refractivity contribution in [3.05, 3.63) is 41.5 Å². The number of Topliss-reactive ketones (excluding diaryl/α,β-unsaturated/α-hetero) is 1. The van der Waals surface area contributed by atoms with Crippen LogP contribution in [0.2, 0.25) is 0 Å². The van der Waals surface area contributed by atoms with Gasteiger partial charge in [-0.2, -0.15) is 0 Å². The van der Waals surface area contributed by atoms with Gasteiger partial charge in [-0.25, -0.2) is 8.42 Å². The number of ketones is 1. The molecular formula is C29H40N4O8S. The summed E-state index contributed by atoms with van der Waals surface area (Å²) >= 11 is 0. The van der Waals surface area contributed by atoms with Gasteiger partial charge in [-0.3, -0.25) is 24.1 Å². The first-order valence-electron chi connectivity index (χ1n) is 14.3. The minimum atomic E-state index is -3.08. The van der Waals surface area contributed by atoms with E-state index in [1.54, 1.807) is 36.3 Å². The van der Waals surface area contributed by atoms with Gasteiger partial charge in [-0.15, -0.1) is 0 Å². The van der Waals surface area contributed by atoms with E-state index < -0.39 is 51.8 Å². The van der Waals surface area contributed by atoms with E-state index in [0.717, 1.165) is 30.4 Å². The molecule has 2 aliphatic heterocycles. The van der Waals surface area contributed by atoms with Crippen LogP contribution in [0.3, 0.4) is 0 Å². The van der Waals surface area contributed by atoms with Gasteiger partial charge < -0.3 is 25.4 Å². The molecule has 3 aliphatic rings. The largest absolute Gasteiger partial charge is 0.497 e. The van der Waals surface area contributed by atoms with Gasteiger partial charge in [0, 0.05) is 19.5 Å². The maximum Gasteiger partial charge on any atom is 0.243 e. The molecule has 0 unspecified atom stereocenters. The van der Waals surface area contributed by atoms with Gasteiger partial charge in [0.1, 0.15) is 23.9 Å². The third-order valence-corrected chi connectivity index (χ3v) is 9.33. The topological polar surface area (TPSA) is 164 Å². The highest BCUT2D eigenvalue weighted by atomic mass is 32.2. The molecule has 4 atom stereocenters. The van der Waals surface area contributed by atoms with Crippen LogP contribution in [0.15, 0.2) is 35.9 Å². The van der Waals surface area contributed by atoms with Crippen LogP contribution in [0.1, 0.15) is 38.2 Å². The van der Waals surface area contributed by atoms with Crippen LogP contribution in [-0.4, -0.2) is 106 Å². The normalized spacial score (nSPS) is 21.8. The third kappa shape index (κ3) is 9.36. The number of ether oxygens (including phenoxy) is 2. The Bertz CT molecular complexity index is 1280. The second-order valence-electron chi connectivity index (χ2n) is 11.1.